The summed E-state index contributed by atoms with van der Waals surface area (Å²) in [7, 11) is 0. The number of ether oxygens (including phenoxy) is 1. The van der Waals surface area contributed by atoms with E-state index < -0.39 is 5.60 Å². The number of carbonyl (C=O) groups is 1. The predicted molar refractivity (Wildman–Crippen MR) is 86.1 cm³/mol. The maximum atomic E-state index is 11.6. The Morgan fingerprint density at radius 1 is 1.15 bits per heavy atom. The molecule has 1 N–H and O–H groups in total. The number of carbonyl (C=O) groups excluding carboxylic acids is 1. The number of rotatable bonds is 5. The molecule has 0 aromatic heterocycles. The summed E-state index contributed by atoms with van der Waals surface area (Å²) in [5.41, 5.74) is 0.841. The van der Waals surface area contributed by atoms with Crippen LogP contribution >= 0.6 is 11.8 Å². The smallest absolute Gasteiger partial charge is 0.407 e. The van der Waals surface area contributed by atoms with Crippen LogP contribution in [0.15, 0.2) is 30.3 Å². The summed E-state index contributed by atoms with van der Waals surface area (Å²) >= 11 is 1.82. The maximum Gasteiger partial charge on any atom is 0.407 e. The molecular formula is C16H25NO2S. The Morgan fingerprint density at radius 3 is 2.30 bits per heavy atom. The molecule has 0 saturated heterocycles. The number of amides is 1. The van der Waals surface area contributed by atoms with Crippen molar-refractivity contribution in [2.45, 2.75) is 50.7 Å². The van der Waals surface area contributed by atoms with Crippen molar-refractivity contribution in [2.24, 2.45) is 0 Å². The summed E-state index contributed by atoms with van der Waals surface area (Å²) in [6.45, 7) is 10.4. The molecule has 0 saturated carbocycles. The minimum absolute atomic E-state index is 0.0350. The third-order valence-electron chi connectivity index (χ3n) is 2.53. The molecule has 20 heavy (non-hydrogen) atoms. The molecule has 0 heterocycles. The summed E-state index contributed by atoms with van der Waals surface area (Å²) < 4.78 is 5.20. The minimum atomic E-state index is -0.453. The second-order valence-corrected chi connectivity index (χ2v) is 8.07. The first kappa shape index (κ1) is 16.9. The van der Waals surface area contributed by atoms with Gasteiger partial charge in [-0.15, -0.1) is 11.8 Å². The van der Waals surface area contributed by atoms with Crippen LogP contribution in [0.25, 0.3) is 0 Å². The van der Waals surface area contributed by atoms with Gasteiger partial charge in [0, 0.05) is 17.0 Å². The van der Waals surface area contributed by atoms with Crippen molar-refractivity contribution in [1.82, 2.24) is 5.32 Å². The zero-order valence-corrected chi connectivity index (χ0v) is 13.8. The second-order valence-electron chi connectivity index (χ2n) is 6.39. The van der Waals surface area contributed by atoms with E-state index in [1.165, 1.54) is 5.56 Å². The molecule has 112 valence electrons. The van der Waals surface area contributed by atoms with E-state index in [0.717, 1.165) is 5.75 Å². The van der Waals surface area contributed by atoms with Crippen molar-refractivity contribution in [3.8, 4) is 0 Å². The molecule has 0 fully saturated rings. The highest BCUT2D eigenvalue weighted by molar-refractivity contribution is 7.99. The Balaban J connectivity index is 2.36. The lowest BCUT2D eigenvalue weighted by atomic mass is 10.2. The molecule has 1 aromatic carbocycles. The van der Waals surface area contributed by atoms with Crippen LogP contribution in [0, 0.1) is 0 Å². The topological polar surface area (TPSA) is 38.3 Å². The van der Waals surface area contributed by atoms with Gasteiger partial charge in [0.05, 0.1) is 0 Å². The molecule has 1 amide bonds. The highest BCUT2D eigenvalue weighted by Gasteiger charge is 2.22. The number of nitrogens with one attached hydrogen (secondary N) is 1. The molecule has 4 heteroatoms. The van der Waals surface area contributed by atoms with Gasteiger partial charge in [-0.3, -0.25) is 0 Å². The monoisotopic (exact) mass is 295 g/mol. The van der Waals surface area contributed by atoms with Gasteiger partial charge in [-0.05, 0) is 40.2 Å². The van der Waals surface area contributed by atoms with Crippen LogP contribution in [0.3, 0.4) is 0 Å². The number of alkyl carbamates (subject to hydrolysis) is 1. The number of hydrogen-bond acceptors (Lipinski definition) is 3. The van der Waals surface area contributed by atoms with Crippen molar-refractivity contribution in [1.29, 1.82) is 0 Å². The molecule has 3 nitrogen and oxygen atoms in total. The molecule has 1 rings (SSSR count). The molecule has 0 atom stereocenters. The molecule has 0 aliphatic carbocycles. The lowest BCUT2D eigenvalue weighted by Crippen LogP contribution is -2.39. The van der Waals surface area contributed by atoms with Crippen LogP contribution in [0.1, 0.15) is 40.2 Å². The van der Waals surface area contributed by atoms with Gasteiger partial charge in [-0.2, -0.15) is 0 Å². The Labute approximate surface area is 126 Å². The summed E-state index contributed by atoms with van der Waals surface area (Å²) in [4.78, 5) is 11.6. The van der Waals surface area contributed by atoms with E-state index >= 15 is 0 Å². The largest absolute Gasteiger partial charge is 0.444 e. The predicted octanol–water partition coefficient (Wildman–Crippen LogP) is 4.22. The summed E-state index contributed by atoms with van der Waals surface area (Å²) in [5, 5.41) is 2.83. The van der Waals surface area contributed by atoms with E-state index in [9.17, 15) is 4.79 Å². The van der Waals surface area contributed by atoms with Crippen LogP contribution in [-0.2, 0) is 10.5 Å². The molecule has 0 bridgehead atoms. The van der Waals surface area contributed by atoms with Gasteiger partial charge in [0.15, 0.2) is 0 Å². The van der Waals surface area contributed by atoms with Gasteiger partial charge >= 0.3 is 6.09 Å². The molecule has 0 radical (unpaired) electrons. The SMILES string of the molecule is CC(C)(C)OC(=O)NCC(C)(C)SCc1ccccc1. The summed E-state index contributed by atoms with van der Waals surface area (Å²) in [6.07, 6.45) is -0.356. The van der Waals surface area contributed by atoms with E-state index in [0.29, 0.717) is 6.54 Å². The quantitative estimate of drug-likeness (QED) is 0.883. The van der Waals surface area contributed by atoms with E-state index in [1.54, 1.807) is 0 Å². The summed E-state index contributed by atoms with van der Waals surface area (Å²) in [6, 6.07) is 10.3. The maximum absolute atomic E-state index is 11.6. The highest BCUT2D eigenvalue weighted by atomic mass is 32.2. The molecule has 0 unspecified atom stereocenters. The first-order chi connectivity index (χ1) is 9.18. The highest BCUT2D eigenvalue weighted by Crippen LogP contribution is 2.27. The molecule has 1 aromatic rings. The van der Waals surface area contributed by atoms with Crippen molar-refractivity contribution in [2.75, 3.05) is 6.54 Å². The number of benzene rings is 1. The third kappa shape index (κ3) is 7.43. The molecule has 0 spiro atoms. The lowest BCUT2D eigenvalue weighted by molar-refractivity contribution is 0.0524. The third-order valence-corrected chi connectivity index (χ3v) is 3.93. The van der Waals surface area contributed by atoms with Crippen molar-refractivity contribution in [3.63, 3.8) is 0 Å². The van der Waals surface area contributed by atoms with Crippen LogP contribution in [0.5, 0.6) is 0 Å². The van der Waals surface area contributed by atoms with E-state index in [-0.39, 0.29) is 10.8 Å². The van der Waals surface area contributed by atoms with Gasteiger partial charge in [0.1, 0.15) is 5.60 Å². The Morgan fingerprint density at radius 2 is 1.75 bits per heavy atom. The van der Waals surface area contributed by atoms with Crippen LogP contribution < -0.4 is 5.32 Å². The zero-order valence-electron chi connectivity index (χ0n) is 13.0. The first-order valence-electron chi connectivity index (χ1n) is 6.83. The van der Waals surface area contributed by atoms with Crippen LogP contribution in [-0.4, -0.2) is 23.0 Å². The minimum Gasteiger partial charge on any atom is -0.444 e. The Bertz CT molecular complexity index is 424. The van der Waals surface area contributed by atoms with E-state index in [2.05, 4.69) is 31.3 Å². The fourth-order valence-corrected chi connectivity index (χ4v) is 2.43. The van der Waals surface area contributed by atoms with Crippen molar-refractivity contribution >= 4 is 17.9 Å². The first-order valence-corrected chi connectivity index (χ1v) is 7.81. The Hall–Kier alpha value is -1.16. The van der Waals surface area contributed by atoms with Gasteiger partial charge in [-0.1, -0.05) is 30.3 Å². The van der Waals surface area contributed by atoms with Crippen molar-refractivity contribution < 1.29 is 9.53 Å². The molecule has 0 aliphatic rings. The lowest BCUT2D eigenvalue weighted by Gasteiger charge is -2.26. The fraction of sp³-hybridized carbons (Fsp3) is 0.562. The average Bonchev–Trinajstić information content (AvgIpc) is 2.34. The van der Waals surface area contributed by atoms with Crippen LogP contribution in [0.4, 0.5) is 4.79 Å². The Kier molecular flexibility index (Phi) is 5.93. The van der Waals surface area contributed by atoms with Crippen LogP contribution in [0.2, 0.25) is 0 Å². The van der Waals surface area contributed by atoms with Gasteiger partial charge in [-0.25, -0.2) is 4.79 Å². The molecular weight excluding hydrogens is 270 g/mol. The molecule has 0 aliphatic heterocycles. The average molecular weight is 295 g/mol. The van der Waals surface area contributed by atoms with E-state index in [4.69, 9.17) is 4.74 Å². The zero-order chi connectivity index (χ0) is 15.2. The number of hydrogen-bond donors (Lipinski definition) is 1. The number of thioether (sulfide) groups is 1. The van der Waals surface area contributed by atoms with Crippen molar-refractivity contribution in [3.05, 3.63) is 35.9 Å². The fourth-order valence-electron chi connectivity index (χ4n) is 1.50. The van der Waals surface area contributed by atoms with Gasteiger partial charge < -0.3 is 10.1 Å². The van der Waals surface area contributed by atoms with Gasteiger partial charge in [0.2, 0.25) is 0 Å². The second kappa shape index (κ2) is 7.02. The normalized spacial score (nSPS) is 12.1. The van der Waals surface area contributed by atoms with E-state index in [1.807, 2.05) is 50.7 Å². The standard InChI is InChI=1S/C16H25NO2S/c1-15(2,3)19-14(18)17-12-16(4,5)20-11-13-9-7-6-8-10-13/h6-10H,11-12H2,1-5H3,(H,17,18). The van der Waals surface area contributed by atoms with Gasteiger partial charge in [0.25, 0.3) is 0 Å². The summed E-state index contributed by atoms with van der Waals surface area (Å²) in [5.74, 6) is 0.934.